The molecule has 1 aromatic heterocycles. The molecule has 6 aliphatic rings. The molecule has 0 spiro atoms. The molecule has 3 heterocycles. The maximum atomic E-state index is 5.35. The lowest BCUT2D eigenvalue weighted by atomic mass is 9.34. The van der Waals surface area contributed by atoms with Crippen LogP contribution in [0.15, 0.2) is 101 Å². The molecule has 0 N–H and O–H groups in total. The van der Waals surface area contributed by atoms with Gasteiger partial charge in [-0.1, -0.05) is 131 Å². The van der Waals surface area contributed by atoms with E-state index in [4.69, 9.17) is 6.58 Å². The summed E-state index contributed by atoms with van der Waals surface area (Å²) in [6, 6.07) is 18.2. The van der Waals surface area contributed by atoms with E-state index in [2.05, 4.69) is 200 Å². The third-order valence-electron chi connectivity index (χ3n) is 17.8. The van der Waals surface area contributed by atoms with Crippen LogP contribution < -0.4 is 20.0 Å². The summed E-state index contributed by atoms with van der Waals surface area (Å²) in [7, 11) is 0. The quantitative estimate of drug-likeness (QED) is 0.189. The Hall–Kier alpha value is -4.02. The van der Waals surface area contributed by atoms with Gasteiger partial charge in [0.2, 0.25) is 0 Å². The van der Waals surface area contributed by atoms with Crippen molar-refractivity contribution in [3.63, 3.8) is 0 Å². The first-order valence-corrected chi connectivity index (χ1v) is 25.9. The van der Waals surface area contributed by atoms with Crippen LogP contribution >= 0.6 is 11.3 Å². The van der Waals surface area contributed by atoms with E-state index in [1.54, 1.807) is 0 Å². The van der Waals surface area contributed by atoms with E-state index in [0.29, 0.717) is 0 Å². The van der Waals surface area contributed by atoms with Crippen molar-refractivity contribution in [2.75, 3.05) is 9.80 Å². The zero-order valence-electron chi connectivity index (χ0n) is 43.3. The van der Waals surface area contributed by atoms with E-state index in [1.807, 2.05) is 0 Å². The van der Waals surface area contributed by atoms with Crippen molar-refractivity contribution in [2.45, 2.75) is 201 Å². The number of hydrogen-bond acceptors (Lipinski definition) is 3. The summed E-state index contributed by atoms with van der Waals surface area (Å²) < 4.78 is 2.89. The van der Waals surface area contributed by atoms with Crippen LogP contribution in [0.25, 0.3) is 10.1 Å². The number of anilines is 3. The highest BCUT2D eigenvalue weighted by molar-refractivity contribution is 7.32. The van der Waals surface area contributed by atoms with Gasteiger partial charge in [-0.2, -0.15) is 0 Å². The highest BCUT2D eigenvalue weighted by atomic mass is 32.1. The monoisotopic (exact) mass is 881 g/mol. The fourth-order valence-electron chi connectivity index (χ4n) is 13.7. The minimum absolute atomic E-state index is 0.0362. The summed E-state index contributed by atoms with van der Waals surface area (Å²) in [6.07, 6.45) is 15.6. The summed E-state index contributed by atoms with van der Waals surface area (Å²) in [5.41, 5.74) is 22.6. The predicted molar refractivity (Wildman–Crippen MR) is 286 cm³/mol. The van der Waals surface area contributed by atoms with Gasteiger partial charge < -0.3 is 9.80 Å². The molecule has 0 radical (unpaired) electrons. The molecule has 4 aliphatic carbocycles. The Morgan fingerprint density at radius 2 is 1.15 bits per heavy atom. The smallest absolute Gasteiger partial charge is 0.264 e. The molecule has 3 aromatic carbocycles. The number of hydrogen-bond donors (Lipinski definition) is 0. The molecule has 1 unspecified atom stereocenters. The molecule has 340 valence electrons. The average Bonchev–Trinajstić information content (AvgIpc) is 3.56. The van der Waals surface area contributed by atoms with Crippen LogP contribution in [0.1, 0.15) is 196 Å². The Morgan fingerprint density at radius 3 is 1.71 bits per heavy atom. The normalized spacial score (nSPS) is 25.1. The number of allylic oxidation sites excluding steroid dienone is 5. The minimum atomic E-state index is -0.310. The van der Waals surface area contributed by atoms with Gasteiger partial charge in [-0.3, -0.25) is 0 Å². The topological polar surface area (TPSA) is 6.48 Å². The number of rotatable bonds is 3. The van der Waals surface area contributed by atoms with Crippen LogP contribution in [0.4, 0.5) is 17.1 Å². The van der Waals surface area contributed by atoms with Gasteiger partial charge in [0.15, 0.2) is 0 Å². The number of benzene rings is 3. The van der Waals surface area contributed by atoms with Crippen molar-refractivity contribution >= 4 is 55.4 Å². The van der Waals surface area contributed by atoms with Gasteiger partial charge >= 0.3 is 0 Å². The standard InChI is InChI=1S/C61H77BN2S/c1-36(2)27-50-52-39(5)64(61(18)34-37(3)28-38(4)35-61)53-41-30-44-47(60(16,17)26-23-57(44,10)11)33-51(41)65-54(53)62(52)48-31-45-46(59(14,15)25-24-58(45,12)13)32-49(48)63(50)40-19-20-42-43(29-40)56(8,9)22-21-55(42,6)7/h19-20,27-34H,5,21-26,35H2,1-4,6-18H3. The van der Waals surface area contributed by atoms with Crippen molar-refractivity contribution in [3.8, 4) is 0 Å². The summed E-state index contributed by atoms with van der Waals surface area (Å²) in [4.78, 5) is 5.44. The van der Waals surface area contributed by atoms with Gasteiger partial charge in [0.25, 0.3) is 6.71 Å². The first kappa shape index (κ1) is 44.8. The van der Waals surface area contributed by atoms with Crippen molar-refractivity contribution in [3.05, 3.63) is 134 Å². The molecular formula is C61H77BN2S. The van der Waals surface area contributed by atoms with E-state index in [0.717, 1.165) is 12.1 Å². The molecule has 0 saturated heterocycles. The molecule has 4 aromatic rings. The maximum absolute atomic E-state index is 5.35. The Bertz CT molecular complexity index is 2890. The maximum Gasteiger partial charge on any atom is 0.264 e. The first-order chi connectivity index (χ1) is 30.1. The number of nitrogens with zero attached hydrogens (tertiary/aromatic N) is 2. The van der Waals surface area contributed by atoms with Crippen LogP contribution in [-0.2, 0) is 32.5 Å². The SMILES string of the molecule is C=C1C2=C(C=C(C)C)N(c3ccc4c(c3)C(C)(C)CCC4(C)C)c3cc4c(cc3B2c2sc3cc5c(cc3c2N1C1(C)C=C(C)C=C(C)C1)C(C)(C)CCC5(C)C)C(C)(C)CCC4(C)C. The van der Waals surface area contributed by atoms with E-state index in [9.17, 15) is 0 Å². The summed E-state index contributed by atoms with van der Waals surface area (Å²) >= 11 is 2.07. The lowest BCUT2D eigenvalue weighted by molar-refractivity contribution is 0.332. The van der Waals surface area contributed by atoms with Gasteiger partial charge in [0.05, 0.1) is 11.2 Å². The molecule has 2 nitrogen and oxygen atoms in total. The lowest BCUT2D eigenvalue weighted by Crippen LogP contribution is -2.60. The highest BCUT2D eigenvalue weighted by Crippen LogP contribution is 2.56. The molecule has 10 rings (SSSR count). The number of thiophene rings is 1. The highest BCUT2D eigenvalue weighted by Gasteiger charge is 2.52. The second-order valence-corrected chi connectivity index (χ2v) is 27.3. The number of fused-ring (bicyclic) bond motifs is 10. The third-order valence-corrected chi connectivity index (χ3v) is 19.0. The molecule has 0 fully saturated rings. The fourth-order valence-corrected chi connectivity index (χ4v) is 15.1. The molecule has 2 aliphatic heterocycles. The van der Waals surface area contributed by atoms with Crippen molar-refractivity contribution in [1.82, 2.24) is 0 Å². The molecule has 0 saturated carbocycles. The average molecular weight is 881 g/mol. The van der Waals surface area contributed by atoms with Crippen LogP contribution in [-0.4, -0.2) is 12.3 Å². The van der Waals surface area contributed by atoms with Gasteiger partial charge in [0, 0.05) is 37.6 Å². The van der Waals surface area contributed by atoms with Crippen LogP contribution in [0.2, 0.25) is 0 Å². The Morgan fingerprint density at radius 1 is 0.646 bits per heavy atom. The van der Waals surface area contributed by atoms with Crippen LogP contribution in [0.3, 0.4) is 0 Å². The Balaban J connectivity index is 1.36. The second kappa shape index (κ2) is 14.0. The van der Waals surface area contributed by atoms with E-state index < -0.39 is 0 Å². The molecule has 4 heteroatoms. The summed E-state index contributed by atoms with van der Waals surface area (Å²) in [5.74, 6) is 0. The molecule has 0 bridgehead atoms. The molecular weight excluding hydrogens is 804 g/mol. The van der Waals surface area contributed by atoms with Gasteiger partial charge in [-0.05, 0) is 193 Å². The van der Waals surface area contributed by atoms with E-state index >= 15 is 0 Å². The molecule has 1 atom stereocenters. The lowest BCUT2D eigenvalue weighted by Gasteiger charge is -2.51. The predicted octanol–water partition coefficient (Wildman–Crippen LogP) is 15.9. The van der Waals surface area contributed by atoms with Gasteiger partial charge in [-0.15, -0.1) is 11.3 Å². The zero-order chi connectivity index (χ0) is 46.9. The Labute approximate surface area is 398 Å². The zero-order valence-corrected chi connectivity index (χ0v) is 44.1. The molecule has 65 heavy (non-hydrogen) atoms. The second-order valence-electron chi connectivity index (χ2n) is 26.2. The van der Waals surface area contributed by atoms with Crippen LogP contribution in [0.5, 0.6) is 0 Å². The summed E-state index contributed by atoms with van der Waals surface area (Å²) in [5, 5.41) is 1.40. The van der Waals surface area contributed by atoms with Crippen LogP contribution in [0, 0.1) is 0 Å². The Kier molecular flexibility index (Phi) is 9.67. The summed E-state index contributed by atoms with van der Waals surface area (Å²) in [6.45, 7) is 46.9. The first-order valence-electron chi connectivity index (χ1n) is 25.1. The largest absolute Gasteiger partial charge is 0.332 e. The van der Waals surface area contributed by atoms with Crippen molar-refractivity contribution in [1.29, 1.82) is 0 Å². The third kappa shape index (κ3) is 6.66. The van der Waals surface area contributed by atoms with Gasteiger partial charge in [-0.25, -0.2) is 0 Å². The molecule has 0 amide bonds. The fraction of sp³-hybridized carbons (Fsp3) is 0.508. The van der Waals surface area contributed by atoms with Crippen molar-refractivity contribution in [2.24, 2.45) is 0 Å². The minimum Gasteiger partial charge on any atom is -0.332 e. The van der Waals surface area contributed by atoms with Gasteiger partial charge in [0.1, 0.15) is 0 Å². The van der Waals surface area contributed by atoms with Crippen molar-refractivity contribution < 1.29 is 0 Å². The van der Waals surface area contributed by atoms with E-state index in [-0.39, 0.29) is 44.7 Å². The van der Waals surface area contributed by atoms with E-state index in [1.165, 1.54) is 137 Å².